The van der Waals surface area contributed by atoms with Gasteiger partial charge in [0, 0.05) is 12.6 Å². The van der Waals surface area contributed by atoms with Crippen molar-refractivity contribution < 1.29 is 14.7 Å². The fraction of sp³-hybridized carbons (Fsp3) is 0.846. The first-order chi connectivity index (χ1) is 8.41. The Bertz CT molecular complexity index is 305. The first-order valence-corrected chi connectivity index (χ1v) is 6.69. The third-order valence-electron chi connectivity index (χ3n) is 3.78. The first-order valence-electron chi connectivity index (χ1n) is 6.69. The summed E-state index contributed by atoms with van der Waals surface area (Å²) in [6, 6.07) is -0.0204. The molecule has 5 nitrogen and oxygen atoms in total. The lowest BCUT2D eigenvalue weighted by atomic mass is 9.96. The van der Waals surface area contributed by atoms with E-state index in [9.17, 15) is 9.59 Å². The van der Waals surface area contributed by atoms with Crippen LogP contribution in [0.1, 0.15) is 40.0 Å². The number of carbonyl (C=O) groups excluding carboxylic acids is 1. The van der Waals surface area contributed by atoms with Gasteiger partial charge in [-0.05, 0) is 24.7 Å². The summed E-state index contributed by atoms with van der Waals surface area (Å²) in [7, 11) is 0. The summed E-state index contributed by atoms with van der Waals surface area (Å²) < 4.78 is 0. The Kier molecular flexibility index (Phi) is 5.44. The van der Waals surface area contributed by atoms with Crippen molar-refractivity contribution in [3.8, 4) is 0 Å². The minimum atomic E-state index is -0.862. The molecule has 1 rings (SSSR count). The first kappa shape index (κ1) is 14.8. The number of carboxylic acids is 1. The van der Waals surface area contributed by atoms with E-state index in [-0.39, 0.29) is 24.5 Å². The predicted octanol–water partition coefficient (Wildman–Crippen LogP) is 1.83. The highest BCUT2D eigenvalue weighted by atomic mass is 16.4. The van der Waals surface area contributed by atoms with E-state index in [1.807, 2.05) is 13.8 Å². The van der Waals surface area contributed by atoms with E-state index in [1.165, 1.54) is 0 Å². The highest BCUT2D eigenvalue weighted by Gasteiger charge is 2.26. The van der Waals surface area contributed by atoms with Crippen LogP contribution in [-0.4, -0.2) is 29.7 Å². The van der Waals surface area contributed by atoms with Gasteiger partial charge in [0.1, 0.15) is 0 Å². The lowest BCUT2D eigenvalue weighted by molar-refractivity contribution is -0.142. The van der Waals surface area contributed by atoms with Crippen LogP contribution in [-0.2, 0) is 4.79 Å². The van der Waals surface area contributed by atoms with Crippen molar-refractivity contribution in [2.24, 2.45) is 17.8 Å². The fourth-order valence-electron chi connectivity index (χ4n) is 2.39. The second-order valence-electron chi connectivity index (χ2n) is 5.56. The Balaban J connectivity index is 2.33. The number of carboxylic acid groups (broad SMARTS) is 1. The standard InChI is InChI=1S/C13H24N2O3/c1-8(2)10(12(16)17)7-14-13(18)15-11-6-4-5-9(11)3/h8-11H,4-7H2,1-3H3,(H,16,17)(H2,14,15,18). The Morgan fingerprint density at radius 1 is 1.33 bits per heavy atom. The molecule has 18 heavy (non-hydrogen) atoms. The average Bonchev–Trinajstić information content (AvgIpc) is 2.63. The molecule has 2 amide bonds. The maximum Gasteiger partial charge on any atom is 0.315 e. The van der Waals surface area contributed by atoms with Gasteiger partial charge in [-0.15, -0.1) is 0 Å². The lowest BCUT2D eigenvalue weighted by Crippen LogP contribution is -2.46. The zero-order valence-electron chi connectivity index (χ0n) is 11.4. The largest absolute Gasteiger partial charge is 0.481 e. The summed E-state index contributed by atoms with van der Waals surface area (Å²) in [6.45, 7) is 6.00. The van der Waals surface area contributed by atoms with Crippen molar-refractivity contribution in [3.05, 3.63) is 0 Å². The second-order valence-corrected chi connectivity index (χ2v) is 5.56. The molecule has 0 aliphatic heterocycles. The lowest BCUT2D eigenvalue weighted by Gasteiger charge is -2.20. The van der Waals surface area contributed by atoms with Gasteiger partial charge in [0.05, 0.1) is 5.92 Å². The topological polar surface area (TPSA) is 78.4 Å². The van der Waals surface area contributed by atoms with E-state index >= 15 is 0 Å². The summed E-state index contributed by atoms with van der Waals surface area (Å²) in [4.78, 5) is 22.7. The highest BCUT2D eigenvalue weighted by molar-refractivity contribution is 5.76. The summed E-state index contributed by atoms with van der Waals surface area (Å²) >= 11 is 0. The minimum Gasteiger partial charge on any atom is -0.481 e. The second kappa shape index (κ2) is 6.61. The molecule has 0 heterocycles. The van der Waals surface area contributed by atoms with Crippen molar-refractivity contribution in [2.45, 2.75) is 46.1 Å². The van der Waals surface area contributed by atoms with Crippen LogP contribution in [0.3, 0.4) is 0 Å². The molecule has 3 N–H and O–H groups in total. The number of nitrogens with one attached hydrogen (secondary N) is 2. The van der Waals surface area contributed by atoms with Crippen LogP contribution in [0, 0.1) is 17.8 Å². The van der Waals surface area contributed by atoms with Crippen LogP contribution in [0.4, 0.5) is 4.79 Å². The maximum atomic E-state index is 11.7. The number of hydrogen-bond acceptors (Lipinski definition) is 2. The van der Waals surface area contributed by atoms with E-state index < -0.39 is 11.9 Å². The number of carbonyl (C=O) groups is 2. The number of aliphatic carboxylic acids is 1. The molecule has 104 valence electrons. The van der Waals surface area contributed by atoms with Crippen molar-refractivity contribution in [1.29, 1.82) is 0 Å². The van der Waals surface area contributed by atoms with Crippen molar-refractivity contribution >= 4 is 12.0 Å². The molecule has 0 radical (unpaired) electrons. The number of rotatable bonds is 5. The smallest absolute Gasteiger partial charge is 0.315 e. The van der Waals surface area contributed by atoms with E-state index in [0.29, 0.717) is 5.92 Å². The molecule has 1 aliphatic carbocycles. The van der Waals surface area contributed by atoms with E-state index in [2.05, 4.69) is 17.6 Å². The zero-order chi connectivity index (χ0) is 13.7. The SMILES string of the molecule is CC(C)C(CNC(=O)NC1CCCC1C)C(=O)O. The normalized spacial score (nSPS) is 24.9. The molecule has 0 aromatic carbocycles. The molecule has 1 fully saturated rings. The Hall–Kier alpha value is -1.26. The van der Waals surface area contributed by atoms with Gasteiger partial charge in [0.15, 0.2) is 0 Å². The molecule has 3 unspecified atom stereocenters. The third-order valence-corrected chi connectivity index (χ3v) is 3.78. The maximum absolute atomic E-state index is 11.7. The number of amides is 2. The summed E-state index contributed by atoms with van der Waals surface area (Å²) in [5.41, 5.74) is 0. The van der Waals surface area contributed by atoms with E-state index in [4.69, 9.17) is 5.11 Å². The Morgan fingerprint density at radius 3 is 2.44 bits per heavy atom. The quantitative estimate of drug-likeness (QED) is 0.702. The van der Waals surface area contributed by atoms with Gasteiger partial charge in [-0.2, -0.15) is 0 Å². The molecule has 1 aliphatic rings. The molecular formula is C13H24N2O3. The molecule has 0 saturated heterocycles. The van der Waals surface area contributed by atoms with Crippen molar-refractivity contribution in [3.63, 3.8) is 0 Å². The summed E-state index contributed by atoms with van der Waals surface area (Å²) in [6.07, 6.45) is 3.31. The molecule has 1 saturated carbocycles. The molecular weight excluding hydrogens is 232 g/mol. The molecule has 3 atom stereocenters. The molecule has 5 heteroatoms. The predicted molar refractivity (Wildman–Crippen MR) is 69.3 cm³/mol. The third kappa shape index (κ3) is 4.20. The monoisotopic (exact) mass is 256 g/mol. The van der Waals surface area contributed by atoms with Gasteiger partial charge >= 0.3 is 12.0 Å². The fourth-order valence-corrected chi connectivity index (χ4v) is 2.39. The summed E-state index contributed by atoms with van der Waals surface area (Å²) in [5.74, 6) is -0.874. The van der Waals surface area contributed by atoms with Gasteiger partial charge in [-0.1, -0.05) is 27.2 Å². The van der Waals surface area contributed by atoms with Gasteiger partial charge in [0.25, 0.3) is 0 Å². The molecule has 0 aromatic rings. The molecule has 0 aromatic heterocycles. The van der Waals surface area contributed by atoms with Crippen LogP contribution in [0.25, 0.3) is 0 Å². The highest BCUT2D eigenvalue weighted by Crippen LogP contribution is 2.24. The van der Waals surface area contributed by atoms with Crippen LogP contribution in [0.15, 0.2) is 0 Å². The van der Waals surface area contributed by atoms with Crippen LogP contribution >= 0.6 is 0 Å². The molecule has 0 bridgehead atoms. The van der Waals surface area contributed by atoms with Crippen LogP contribution in [0.2, 0.25) is 0 Å². The van der Waals surface area contributed by atoms with Gasteiger partial charge in [0.2, 0.25) is 0 Å². The molecule has 0 spiro atoms. The van der Waals surface area contributed by atoms with Gasteiger partial charge < -0.3 is 15.7 Å². The van der Waals surface area contributed by atoms with E-state index in [0.717, 1.165) is 19.3 Å². The summed E-state index contributed by atoms with van der Waals surface area (Å²) in [5, 5.41) is 14.6. The van der Waals surface area contributed by atoms with Gasteiger partial charge in [-0.3, -0.25) is 4.79 Å². The van der Waals surface area contributed by atoms with E-state index in [1.54, 1.807) is 0 Å². The van der Waals surface area contributed by atoms with Crippen LogP contribution in [0.5, 0.6) is 0 Å². The zero-order valence-corrected chi connectivity index (χ0v) is 11.4. The van der Waals surface area contributed by atoms with Crippen molar-refractivity contribution in [2.75, 3.05) is 6.54 Å². The van der Waals surface area contributed by atoms with Crippen LogP contribution < -0.4 is 10.6 Å². The number of hydrogen-bond donors (Lipinski definition) is 3. The van der Waals surface area contributed by atoms with Crippen molar-refractivity contribution in [1.82, 2.24) is 10.6 Å². The Morgan fingerprint density at radius 2 is 2.00 bits per heavy atom. The average molecular weight is 256 g/mol. The van der Waals surface area contributed by atoms with Gasteiger partial charge in [-0.25, -0.2) is 4.79 Å². The minimum absolute atomic E-state index is 0.00760. The number of urea groups is 1. The Labute approximate surface area is 108 Å².